The van der Waals surface area contributed by atoms with E-state index >= 15 is 0 Å². The average molecular weight is 303 g/mol. The molecule has 0 saturated carbocycles. The zero-order valence-corrected chi connectivity index (χ0v) is 13.0. The van der Waals surface area contributed by atoms with Crippen LogP contribution < -0.4 is 10.6 Å². The molecule has 0 heterocycles. The number of benzene rings is 3. The molecule has 0 N–H and O–H groups in total. The maximum atomic E-state index is 12.5. The molecule has 0 radical (unpaired) electrons. The van der Waals surface area contributed by atoms with Crippen molar-refractivity contribution in [1.29, 1.82) is 0 Å². The Morgan fingerprint density at radius 2 is 1.00 bits per heavy atom. The second kappa shape index (κ2) is 6.98. The molecule has 1 unspecified atom stereocenters. The van der Waals surface area contributed by atoms with Gasteiger partial charge in [0, 0.05) is 0 Å². The summed E-state index contributed by atoms with van der Waals surface area (Å²) in [6.45, 7) is 0. The second-order valence-corrected chi connectivity index (χ2v) is 6.59. The fourth-order valence-corrected chi connectivity index (χ4v) is 3.35. The number of hydrogen-bond donors (Lipinski definition) is 0. The Balaban J connectivity index is 1.76. The molecule has 1 nitrogen and oxygen atoms in total. The predicted molar refractivity (Wildman–Crippen MR) is 95.1 cm³/mol. The van der Waals surface area contributed by atoms with Crippen molar-refractivity contribution in [2.45, 2.75) is 0 Å². The Bertz CT molecular complexity index is 775. The van der Waals surface area contributed by atoms with E-state index < -0.39 is 7.80 Å². The van der Waals surface area contributed by atoms with Crippen molar-refractivity contribution in [3.05, 3.63) is 96.1 Å². The van der Waals surface area contributed by atoms with E-state index in [0.29, 0.717) is 0 Å². The lowest BCUT2D eigenvalue weighted by Gasteiger charge is -1.94. The highest BCUT2D eigenvalue weighted by molar-refractivity contribution is 7.61. The summed E-state index contributed by atoms with van der Waals surface area (Å²) >= 11 is 0. The van der Waals surface area contributed by atoms with Crippen molar-refractivity contribution < 1.29 is 4.57 Å². The Morgan fingerprint density at radius 3 is 1.59 bits per heavy atom. The van der Waals surface area contributed by atoms with Gasteiger partial charge in [-0.05, 0) is 35.4 Å². The molecule has 0 aliphatic carbocycles. The van der Waals surface area contributed by atoms with E-state index in [1.165, 1.54) is 5.56 Å². The van der Waals surface area contributed by atoms with Crippen LogP contribution in [0.15, 0.2) is 84.9 Å². The van der Waals surface area contributed by atoms with Gasteiger partial charge in [-0.1, -0.05) is 77.4 Å². The summed E-state index contributed by atoms with van der Waals surface area (Å²) in [5.41, 5.74) is 2.27. The van der Waals surface area contributed by atoms with Crippen LogP contribution in [-0.2, 0) is 4.57 Å². The van der Waals surface area contributed by atoms with Crippen LogP contribution in [0.4, 0.5) is 0 Å². The number of rotatable bonds is 4. The van der Waals surface area contributed by atoms with Crippen molar-refractivity contribution in [2.75, 3.05) is 0 Å². The Morgan fingerprint density at radius 1 is 0.545 bits per heavy atom. The van der Waals surface area contributed by atoms with E-state index in [4.69, 9.17) is 0 Å². The van der Waals surface area contributed by atoms with Crippen LogP contribution in [0.3, 0.4) is 0 Å². The SMILES string of the molecule is O=[P+](c1ccccc1)c1ccc(C=Cc2ccccc2)cc1. The van der Waals surface area contributed by atoms with Gasteiger partial charge in [0.15, 0.2) is 10.6 Å². The molecule has 0 aliphatic heterocycles. The van der Waals surface area contributed by atoms with Gasteiger partial charge in [-0.15, -0.1) is 0 Å². The molecule has 2 heteroatoms. The summed E-state index contributed by atoms with van der Waals surface area (Å²) in [6, 6.07) is 27.6. The van der Waals surface area contributed by atoms with E-state index in [1.807, 2.05) is 72.8 Å². The molecule has 3 aromatic rings. The lowest BCUT2D eigenvalue weighted by atomic mass is 10.1. The van der Waals surface area contributed by atoms with Crippen molar-refractivity contribution in [3.63, 3.8) is 0 Å². The molecule has 0 spiro atoms. The molecule has 0 fully saturated rings. The first-order chi connectivity index (χ1) is 10.8. The standard InChI is InChI=1S/C20H16OP/c21-22(19-9-5-2-6-10-19)20-15-13-18(14-16-20)12-11-17-7-3-1-4-8-17/h1-16H/q+1. The van der Waals surface area contributed by atoms with Crippen molar-refractivity contribution in [1.82, 2.24) is 0 Å². The molecular formula is C20H16OP+. The fraction of sp³-hybridized carbons (Fsp3) is 0. The van der Waals surface area contributed by atoms with Crippen LogP contribution in [0.25, 0.3) is 12.2 Å². The monoisotopic (exact) mass is 303 g/mol. The molecule has 3 aromatic carbocycles. The Labute approximate surface area is 131 Å². The second-order valence-electron chi connectivity index (χ2n) is 4.97. The highest BCUT2D eigenvalue weighted by Crippen LogP contribution is 2.19. The van der Waals surface area contributed by atoms with E-state index in [9.17, 15) is 4.57 Å². The fourth-order valence-electron chi connectivity index (χ4n) is 2.19. The van der Waals surface area contributed by atoms with Gasteiger partial charge in [-0.3, -0.25) is 0 Å². The van der Waals surface area contributed by atoms with Gasteiger partial charge in [-0.25, -0.2) is 0 Å². The predicted octanol–water partition coefficient (Wildman–Crippen LogP) is 4.64. The summed E-state index contributed by atoms with van der Waals surface area (Å²) in [7, 11) is -1.51. The quantitative estimate of drug-likeness (QED) is 0.507. The van der Waals surface area contributed by atoms with Crippen molar-refractivity contribution in [3.8, 4) is 0 Å². The number of hydrogen-bond acceptors (Lipinski definition) is 1. The maximum absolute atomic E-state index is 12.5. The summed E-state index contributed by atoms with van der Waals surface area (Å²) in [5, 5.41) is 1.73. The van der Waals surface area contributed by atoms with Gasteiger partial charge in [-0.2, -0.15) is 0 Å². The molecule has 0 amide bonds. The first-order valence-electron chi connectivity index (χ1n) is 7.18. The minimum absolute atomic E-state index is 0.859. The molecule has 22 heavy (non-hydrogen) atoms. The van der Waals surface area contributed by atoms with E-state index in [1.54, 1.807) is 0 Å². The van der Waals surface area contributed by atoms with E-state index in [2.05, 4.69) is 24.3 Å². The van der Waals surface area contributed by atoms with Crippen molar-refractivity contribution in [2.24, 2.45) is 0 Å². The maximum Gasteiger partial charge on any atom is 0.415 e. The van der Waals surface area contributed by atoms with Crippen LogP contribution in [0, 0.1) is 0 Å². The molecule has 0 saturated heterocycles. The lowest BCUT2D eigenvalue weighted by molar-refractivity contribution is 0.598. The Kier molecular flexibility index (Phi) is 4.58. The summed E-state index contributed by atoms with van der Waals surface area (Å²) in [6.07, 6.45) is 4.14. The molecule has 106 valence electrons. The van der Waals surface area contributed by atoms with Crippen molar-refractivity contribution >= 4 is 30.6 Å². The van der Waals surface area contributed by atoms with Gasteiger partial charge in [0.05, 0.1) is 0 Å². The molecular weight excluding hydrogens is 287 g/mol. The molecule has 3 rings (SSSR count). The Hall–Kier alpha value is -2.50. The average Bonchev–Trinajstić information content (AvgIpc) is 2.61. The lowest BCUT2D eigenvalue weighted by Crippen LogP contribution is -2.05. The van der Waals surface area contributed by atoms with E-state index in [0.717, 1.165) is 16.2 Å². The zero-order chi connectivity index (χ0) is 15.2. The first-order valence-corrected chi connectivity index (χ1v) is 8.44. The van der Waals surface area contributed by atoms with Crippen LogP contribution >= 0.6 is 7.80 Å². The van der Waals surface area contributed by atoms with Gasteiger partial charge in [0.1, 0.15) is 0 Å². The normalized spacial score (nSPS) is 11.5. The van der Waals surface area contributed by atoms with Gasteiger partial charge >= 0.3 is 7.80 Å². The van der Waals surface area contributed by atoms with Crippen LogP contribution in [-0.4, -0.2) is 0 Å². The summed E-state index contributed by atoms with van der Waals surface area (Å²) in [5.74, 6) is 0. The smallest absolute Gasteiger partial charge is 0.0622 e. The third kappa shape index (κ3) is 3.58. The van der Waals surface area contributed by atoms with E-state index in [-0.39, 0.29) is 0 Å². The highest BCUT2D eigenvalue weighted by Gasteiger charge is 2.22. The largest absolute Gasteiger partial charge is 0.415 e. The minimum atomic E-state index is -1.51. The highest BCUT2D eigenvalue weighted by atomic mass is 31.1. The summed E-state index contributed by atoms with van der Waals surface area (Å²) < 4.78 is 12.5. The summed E-state index contributed by atoms with van der Waals surface area (Å²) in [4.78, 5) is 0. The van der Waals surface area contributed by atoms with Crippen LogP contribution in [0.5, 0.6) is 0 Å². The molecule has 0 aliphatic rings. The third-order valence-corrected chi connectivity index (χ3v) is 4.92. The van der Waals surface area contributed by atoms with Crippen LogP contribution in [0.1, 0.15) is 11.1 Å². The van der Waals surface area contributed by atoms with Crippen LogP contribution in [0.2, 0.25) is 0 Å². The molecule has 1 atom stereocenters. The topological polar surface area (TPSA) is 17.1 Å². The minimum Gasteiger partial charge on any atom is -0.0622 e. The molecule has 0 bridgehead atoms. The third-order valence-electron chi connectivity index (χ3n) is 3.39. The first kappa shape index (κ1) is 14.4. The van der Waals surface area contributed by atoms with Gasteiger partial charge in [0.25, 0.3) is 0 Å². The van der Waals surface area contributed by atoms with Gasteiger partial charge in [0.2, 0.25) is 0 Å². The van der Waals surface area contributed by atoms with Gasteiger partial charge < -0.3 is 0 Å². The zero-order valence-electron chi connectivity index (χ0n) is 12.1. The molecule has 0 aromatic heterocycles.